The van der Waals surface area contributed by atoms with Crippen LogP contribution >= 0.6 is 11.3 Å². The van der Waals surface area contributed by atoms with Crippen molar-refractivity contribution in [3.63, 3.8) is 0 Å². The zero-order valence-corrected chi connectivity index (χ0v) is 18.9. The van der Waals surface area contributed by atoms with E-state index in [1.54, 1.807) is 60.5 Å². The van der Waals surface area contributed by atoms with Gasteiger partial charge in [0.25, 0.3) is 5.56 Å². The third-order valence-corrected chi connectivity index (χ3v) is 6.29. The highest BCUT2D eigenvalue weighted by atomic mass is 32.1. The lowest BCUT2D eigenvalue weighted by Crippen LogP contribution is -2.15. The Bertz CT molecular complexity index is 1520. The lowest BCUT2D eigenvalue weighted by atomic mass is 10.1. The smallest absolute Gasteiger partial charge is 0.341 e. The highest BCUT2D eigenvalue weighted by Crippen LogP contribution is 2.31. The number of hydrogen-bond acceptors (Lipinski definition) is 7. The fourth-order valence-electron chi connectivity index (χ4n) is 3.51. The molecule has 0 saturated heterocycles. The summed E-state index contributed by atoms with van der Waals surface area (Å²) in [7, 11) is 2.82. The van der Waals surface area contributed by atoms with Gasteiger partial charge in [-0.25, -0.2) is 14.2 Å². The van der Waals surface area contributed by atoms with Gasteiger partial charge in [0.05, 0.1) is 30.3 Å². The zero-order chi connectivity index (χ0) is 23.8. The van der Waals surface area contributed by atoms with E-state index in [-0.39, 0.29) is 22.6 Å². The third kappa shape index (κ3) is 3.73. The molecular weight excluding hydrogens is 459 g/mol. The van der Waals surface area contributed by atoms with Gasteiger partial charge >= 0.3 is 5.97 Å². The van der Waals surface area contributed by atoms with Gasteiger partial charge in [-0.05, 0) is 42.0 Å². The van der Waals surface area contributed by atoms with E-state index < -0.39 is 11.5 Å². The van der Waals surface area contributed by atoms with E-state index in [9.17, 15) is 14.0 Å². The summed E-state index contributed by atoms with van der Waals surface area (Å²) in [6, 6.07) is 12.9. The zero-order valence-electron chi connectivity index (χ0n) is 18.1. The van der Waals surface area contributed by atoms with E-state index >= 15 is 0 Å². The van der Waals surface area contributed by atoms with Gasteiger partial charge in [0, 0.05) is 18.6 Å². The van der Waals surface area contributed by atoms with Crippen molar-refractivity contribution in [3.8, 4) is 38.3 Å². The normalized spacial score (nSPS) is 11.0. The van der Waals surface area contributed by atoms with E-state index in [2.05, 4.69) is 10.1 Å². The number of halogens is 1. The van der Waals surface area contributed by atoms with Gasteiger partial charge in [0.1, 0.15) is 22.8 Å². The molecule has 2 aromatic carbocycles. The quantitative estimate of drug-likeness (QED) is 0.354. The van der Waals surface area contributed by atoms with Crippen molar-refractivity contribution in [2.24, 2.45) is 0 Å². The Morgan fingerprint density at radius 1 is 1.03 bits per heavy atom. The number of aromatic nitrogens is 4. The molecule has 3 heterocycles. The van der Waals surface area contributed by atoms with Crippen LogP contribution in [0.3, 0.4) is 0 Å². The van der Waals surface area contributed by atoms with Gasteiger partial charge in [-0.1, -0.05) is 23.5 Å². The molecule has 0 fully saturated rings. The van der Waals surface area contributed by atoms with E-state index in [0.717, 1.165) is 10.4 Å². The number of pyridine rings is 1. The van der Waals surface area contributed by atoms with Gasteiger partial charge in [-0.15, -0.1) is 0 Å². The van der Waals surface area contributed by atoms with Crippen LogP contribution in [-0.4, -0.2) is 39.5 Å². The molecule has 8 nitrogen and oxygen atoms in total. The average Bonchev–Trinajstić information content (AvgIpc) is 3.49. The fraction of sp³-hybridized carbons (Fsp3) is 0.0833. The van der Waals surface area contributed by atoms with Crippen molar-refractivity contribution < 1.29 is 18.7 Å². The van der Waals surface area contributed by atoms with Crippen LogP contribution in [0.2, 0.25) is 0 Å². The second-order valence-corrected chi connectivity index (χ2v) is 8.27. The maximum Gasteiger partial charge on any atom is 0.341 e. The molecule has 2 aliphatic rings. The first kappa shape index (κ1) is 21.5. The molecule has 0 unspecified atom stereocenters. The van der Waals surface area contributed by atoms with Gasteiger partial charge in [0.15, 0.2) is 5.13 Å². The molecule has 0 saturated carbocycles. The van der Waals surface area contributed by atoms with Gasteiger partial charge in [0.2, 0.25) is 0 Å². The lowest BCUT2D eigenvalue weighted by molar-refractivity contribution is 0.0600. The van der Waals surface area contributed by atoms with Gasteiger partial charge < -0.3 is 9.47 Å². The molecule has 0 radical (unpaired) electrons. The monoisotopic (exact) mass is 476 g/mol. The second kappa shape index (κ2) is 8.56. The predicted molar refractivity (Wildman–Crippen MR) is 125 cm³/mol. The van der Waals surface area contributed by atoms with Crippen molar-refractivity contribution in [1.29, 1.82) is 0 Å². The standard InChI is InChI=1S/C24H17FN4O4S/c1-32-17-9-7-16(8-10-17)29-22(30)18-12-28(13-19(21(18)27-29)23(31)33-2)24-26-11-20(34-24)14-3-5-15(25)6-4-14/h3-13H,1-2H3. The number of ether oxygens (including phenoxy) is 2. The number of rotatable bonds is 5. The second-order valence-electron chi connectivity index (χ2n) is 7.26. The molecule has 3 aromatic rings. The van der Waals surface area contributed by atoms with Crippen LogP contribution in [0.15, 0.2) is 71.9 Å². The third-order valence-electron chi connectivity index (χ3n) is 5.23. The lowest BCUT2D eigenvalue weighted by Gasteiger charge is -2.09. The number of carbonyl (C=O) groups excluding carboxylic acids is 1. The molecule has 34 heavy (non-hydrogen) atoms. The summed E-state index contributed by atoms with van der Waals surface area (Å²) >= 11 is 1.33. The fourth-order valence-corrected chi connectivity index (χ4v) is 4.38. The molecular formula is C24H17FN4O4S. The van der Waals surface area contributed by atoms with E-state index in [0.29, 0.717) is 16.6 Å². The van der Waals surface area contributed by atoms with Crippen LogP contribution in [0.5, 0.6) is 5.75 Å². The molecule has 2 aliphatic heterocycles. The first-order valence-electron chi connectivity index (χ1n) is 10.1. The molecule has 0 atom stereocenters. The summed E-state index contributed by atoms with van der Waals surface area (Å²) in [6.07, 6.45) is 4.78. The Labute approximate surface area is 196 Å². The number of carbonyl (C=O) groups is 1. The minimum atomic E-state index is -0.631. The van der Waals surface area contributed by atoms with Crippen LogP contribution < -0.4 is 10.3 Å². The predicted octanol–water partition coefficient (Wildman–Crippen LogP) is 4.19. The topological polar surface area (TPSA) is 88.2 Å². The van der Waals surface area contributed by atoms with Crippen molar-refractivity contribution in [2.75, 3.05) is 14.2 Å². The number of thiazole rings is 1. The average molecular weight is 476 g/mol. The highest BCUT2D eigenvalue weighted by Gasteiger charge is 2.26. The molecule has 0 spiro atoms. The summed E-state index contributed by atoms with van der Waals surface area (Å²) < 4.78 is 26.2. The maximum absolute atomic E-state index is 13.3. The first-order chi connectivity index (χ1) is 16.5. The summed E-state index contributed by atoms with van der Waals surface area (Å²) in [6.45, 7) is 0. The van der Waals surface area contributed by atoms with Gasteiger partial charge in [-0.2, -0.15) is 9.78 Å². The van der Waals surface area contributed by atoms with Crippen molar-refractivity contribution in [3.05, 3.63) is 88.9 Å². The Kier molecular flexibility index (Phi) is 5.42. The Hall–Kier alpha value is -4.31. The summed E-state index contributed by atoms with van der Waals surface area (Å²) in [4.78, 5) is 31.0. The highest BCUT2D eigenvalue weighted by molar-refractivity contribution is 7.17. The van der Waals surface area contributed by atoms with Crippen LogP contribution in [0, 0.1) is 5.82 Å². The number of hydrogen-bond donors (Lipinski definition) is 0. The van der Waals surface area contributed by atoms with Crippen LogP contribution in [-0.2, 0) is 4.74 Å². The number of benzene rings is 2. The Morgan fingerprint density at radius 2 is 1.76 bits per heavy atom. The molecule has 0 N–H and O–H groups in total. The first-order valence-corrected chi connectivity index (χ1v) is 10.9. The number of nitrogens with zero attached hydrogens (tertiary/aromatic N) is 4. The van der Waals surface area contributed by atoms with Crippen LogP contribution in [0.4, 0.5) is 4.39 Å². The molecule has 1 aromatic heterocycles. The van der Waals surface area contributed by atoms with Crippen LogP contribution in [0.25, 0.3) is 32.5 Å². The van der Waals surface area contributed by atoms with Crippen molar-refractivity contribution in [1.82, 2.24) is 19.3 Å². The van der Waals surface area contributed by atoms with Crippen molar-refractivity contribution in [2.45, 2.75) is 0 Å². The molecule has 0 amide bonds. The number of esters is 1. The Morgan fingerprint density at radius 3 is 2.44 bits per heavy atom. The SMILES string of the molecule is COC(=O)c1cn(-c2ncc(-c3ccc(F)cc3)s2)cc2c(=O)n(-c3ccc(OC)cc3)nc1-2. The molecule has 10 heteroatoms. The molecule has 0 aliphatic carbocycles. The summed E-state index contributed by atoms with van der Waals surface area (Å²) in [5, 5.41) is 4.92. The molecule has 170 valence electrons. The Balaban J connectivity index is 1.64. The number of fused-ring (bicyclic) bond motifs is 1. The number of methoxy groups -OCH3 is 2. The van der Waals surface area contributed by atoms with Gasteiger partial charge in [-0.3, -0.25) is 9.36 Å². The van der Waals surface area contributed by atoms with Crippen LogP contribution in [0.1, 0.15) is 10.4 Å². The van der Waals surface area contributed by atoms with E-state index in [1.807, 2.05) is 0 Å². The minimum Gasteiger partial charge on any atom is -0.497 e. The molecule has 0 bridgehead atoms. The van der Waals surface area contributed by atoms with E-state index in [1.165, 1.54) is 41.5 Å². The molecule has 5 rings (SSSR count). The summed E-state index contributed by atoms with van der Waals surface area (Å²) in [5.74, 6) is -0.316. The van der Waals surface area contributed by atoms with E-state index in [4.69, 9.17) is 9.47 Å². The summed E-state index contributed by atoms with van der Waals surface area (Å²) in [5.41, 5.74) is 1.52. The maximum atomic E-state index is 13.3. The minimum absolute atomic E-state index is 0.128. The largest absolute Gasteiger partial charge is 0.497 e. The van der Waals surface area contributed by atoms with Crippen molar-refractivity contribution >= 4 is 17.3 Å².